The van der Waals surface area contributed by atoms with Crippen molar-refractivity contribution in [3.63, 3.8) is 0 Å². The molecule has 0 unspecified atom stereocenters. The van der Waals surface area contributed by atoms with E-state index in [2.05, 4.69) is 26.4 Å². The standard InChI is InChI=1S/C19H26N4O2S/c1-4-22-9-11-23(12-10-22)17-7-8-19(20-14-17)21-26(24,25)18-13-15(2)5-6-16(18)3/h5-8,13-14H,4,9-12H2,1-3H3,(H,20,21). The number of hydrogen-bond acceptors (Lipinski definition) is 5. The first-order valence-corrected chi connectivity index (χ1v) is 10.4. The van der Waals surface area contributed by atoms with Gasteiger partial charge in [-0.1, -0.05) is 19.1 Å². The topological polar surface area (TPSA) is 65.5 Å². The molecule has 1 aromatic heterocycles. The van der Waals surface area contributed by atoms with E-state index in [4.69, 9.17) is 0 Å². The van der Waals surface area contributed by atoms with Gasteiger partial charge < -0.3 is 9.80 Å². The fourth-order valence-electron chi connectivity index (χ4n) is 3.15. The fraction of sp³-hybridized carbons (Fsp3) is 0.421. The van der Waals surface area contributed by atoms with Gasteiger partial charge in [-0.25, -0.2) is 13.4 Å². The molecule has 6 nitrogen and oxygen atoms in total. The number of sulfonamides is 1. The zero-order chi connectivity index (χ0) is 18.7. The number of nitrogens with one attached hydrogen (secondary N) is 1. The summed E-state index contributed by atoms with van der Waals surface area (Å²) in [7, 11) is -3.65. The average molecular weight is 375 g/mol. The molecule has 0 atom stereocenters. The summed E-state index contributed by atoms with van der Waals surface area (Å²) >= 11 is 0. The molecule has 0 spiro atoms. The van der Waals surface area contributed by atoms with Crippen molar-refractivity contribution in [3.05, 3.63) is 47.7 Å². The van der Waals surface area contributed by atoms with Gasteiger partial charge >= 0.3 is 0 Å². The van der Waals surface area contributed by atoms with Gasteiger partial charge in [0.1, 0.15) is 5.82 Å². The van der Waals surface area contributed by atoms with Crippen molar-refractivity contribution in [2.75, 3.05) is 42.3 Å². The van der Waals surface area contributed by atoms with Gasteiger partial charge in [0.25, 0.3) is 10.0 Å². The van der Waals surface area contributed by atoms with E-state index in [0.29, 0.717) is 16.3 Å². The molecule has 2 heterocycles. The molecule has 2 aromatic rings. The molecule has 3 rings (SSSR count). The highest BCUT2D eigenvalue weighted by Crippen LogP contribution is 2.22. The second-order valence-electron chi connectivity index (χ2n) is 6.70. The van der Waals surface area contributed by atoms with Crippen LogP contribution in [0.4, 0.5) is 11.5 Å². The second kappa shape index (κ2) is 7.63. The Hall–Kier alpha value is -2.12. The van der Waals surface area contributed by atoms with Crippen molar-refractivity contribution in [2.24, 2.45) is 0 Å². The smallest absolute Gasteiger partial charge is 0.263 e. The van der Waals surface area contributed by atoms with Crippen LogP contribution in [0.5, 0.6) is 0 Å². The van der Waals surface area contributed by atoms with Crippen molar-refractivity contribution < 1.29 is 8.42 Å². The molecule has 1 saturated heterocycles. The minimum atomic E-state index is -3.65. The van der Waals surface area contributed by atoms with E-state index < -0.39 is 10.0 Å². The molecule has 0 saturated carbocycles. The highest BCUT2D eigenvalue weighted by Gasteiger charge is 2.19. The van der Waals surface area contributed by atoms with E-state index in [1.807, 2.05) is 25.1 Å². The number of piperazine rings is 1. The van der Waals surface area contributed by atoms with E-state index in [1.165, 1.54) is 0 Å². The second-order valence-corrected chi connectivity index (χ2v) is 8.35. The first-order valence-electron chi connectivity index (χ1n) is 8.92. The first-order chi connectivity index (χ1) is 12.4. The highest BCUT2D eigenvalue weighted by molar-refractivity contribution is 7.92. The van der Waals surface area contributed by atoms with Gasteiger partial charge in [-0.15, -0.1) is 0 Å². The molecule has 1 aliphatic heterocycles. The molecule has 0 amide bonds. The highest BCUT2D eigenvalue weighted by atomic mass is 32.2. The zero-order valence-electron chi connectivity index (χ0n) is 15.6. The maximum Gasteiger partial charge on any atom is 0.263 e. The Labute approximate surface area is 155 Å². The quantitative estimate of drug-likeness (QED) is 0.872. The Morgan fingerprint density at radius 3 is 2.42 bits per heavy atom. The minimum absolute atomic E-state index is 0.291. The summed E-state index contributed by atoms with van der Waals surface area (Å²) in [6.07, 6.45) is 1.74. The lowest BCUT2D eigenvalue weighted by Gasteiger charge is -2.35. The molecule has 0 bridgehead atoms. The number of pyridine rings is 1. The summed E-state index contributed by atoms with van der Waals surface area (Å²) in [6, 6.07) is 9.05. The van der Waals surface area contributed by atoms with Crippen molar-refractivity contribution in [2.45, 2.75) is 25.7 Å². The number of rotatable bonds is 5. The Bertz CT molecular complexity index is 858. The van der Waals surface area contributed by atoms with Crippen LogP contribution < -0.4 is 9.62 Å². The molecule has 1 fully saturated rings. The first kappa shape index (κ1) is 18.7. The largest absolute Gasteiger partial charge is 0.368 e. The van der Waals surface area contributed by atoms with Crippen LogP contribution in [0.25, 0.3) is 0 Å². The van der Waals surface area contributed by atoms with Crippen LogP contribution in [0.3, 0.4) is 0 Å². The summed E-state index contributed by atoms with van der Waals surface area (Å²) in [6.45, 7) is 10.9. The van der Waals surface area contributed by atoms with Crippen molar-refractivity contribution >= 4 is 21.5 Å². The van der Waals surface area contributed by atoms with Gasteiger partial charge in [0, 0.05) is 26.2 Å². The third kappa shape index (κ3) is 4.16. The zero-order valence-corrected chi connectivity index (χ0v) is 16.4. The average Bonchev–Trinajstić information content (AvgIpc) is 2.64. The lowest BCUT2D eigenvalue weighted by molar-refractivity contribution is 0.271. The molecule has 1 aromatic carbocycles. The predicted octanol–water partition coefficient (Wildman–Crippen LogP) is 2.64. The molecular weight excluding hydrogens is 348 g/mol. The molecule has 1 N–H and O–H groups in total. The molecule has 0 aliphatic carbocycles. The van der Waals surface area contributed by atoms with Gasteiger partial charge in [0.15, 0.2) is 0 Å². The summed E-state index contributed by atoms with van der Waals surface area (Å²) in [5.41, 5.74) is 2.65. The SMILES string of the molecule is CCN1CCN(c2ccc(NS(=O)(=O)c3cc(C)ccc3C)nc2)CC1. The van der Waals surface area contributed by atoms with E-state index in [1.54, 1.807) is 25.3 Å². The van der Waals surface area contributed by atoms with E-state index in [9.17, 15) is 8.42 Å². The fourth-order valence-corrected chi connectivity index (χ4v) is 4.48. The molecule has 1 aliphatic rings. The van der Waals surface area contributed by atoms with Crippen LogP contribution in [0.2, 0.25) is 0 Å². The van der Waals surface area contributed by atoms with Gasteiger partial charge in [-0.3, -0.25) is 4.72 Å². The molecule has 26 heavy (non-hydrogen) atoms. The van der Waals surface area contributed by atoms with Gasteiger partial charge in [-0.2, -0.15) is 0 Å². The monoisotopic (exact) mass is 374 g/mol. The Kier molecular flexibility index (Phi) is 5.48. The summed E-state index contributed by atoms with van der Waals surface area (Å²) in [5.74, 6) is 0.335. The van der Waals surface area contributed by atoms with Crippen LogP contribution in [0.15, 0.2) is 41.4 Å². The van der Waals surface area contributed by atoms with Gasteiger partial charge in [-0.05, 0) is 49.7 Å². The summed E-state index contributed by atoms with van der Waals surface area (Å²) in [5, 5.41) is 0. The number of aryl methyl sites for hydroxylation is 2. The van der Waals surface area contributed by atoms with E-state index >= 15 is 0 Å². The van der Waals surface area contributed by atoms with Gasteiger partial charge in [0.05, 0.1) is 16.8 Å². The lowest BCUT2D eigenvalue weighted by Crippen LogP contribution is -2.46. The van der Waals surface area contributed by atoms with Crippen LogP contribution in [0, 0.1) is 13.8 Å². The summed E-state index contributed by atoms with van der Waals surface area (Å²) < 4.78 is 27.9. The normalized spacial score (nSPS) is 15.9. The van der Waals surface area contributed by atoms with Crippen LogP contribution >= 0.6 is 0 Å². The number of nitrogens with zero attached hydrogens (tertiary/aromatic N) is 3. The van der Waals surface area contributed by atoms with E-state index in [-0.39, 0.29) is 0 Å². The van der Waals surface area contributed by atoms with Crippen LogP contribution in [0.1, 0.15) is 18.1 Å². The molecular formula is C19H26N4O2S. The number of likely N-dealkylation sites (N-methyl/N-ethyl adjacent to an activating group) is 1. The molecule has 140 valence electrons. The van der Waals surface area contributed by atoms with Crippen LogP contribution in [-0.4, -0.2) is 51.0 Å². The lowest BCUT2D eigenvalue weighted by atomic mass is 10.2. The number of aromatic nitrogens is 1. The molecule has 0 radical (unpaired) electrons. The minimum Gasteiger partial charge on any atom is -0.368 e. The molecule has 7 heteroatoms. The Morgan fingerprint density at radius 2 is 1.81 bits per heavy atom. The number of anilines is 2. The Morgan fingerprint density at radius 1 is 1.08 bits per heavy atom. The van der Waals surface area contributed by atoms with Crippen LogP contribution in [-0.2, 0) is 10.0 Å². The van der Waals surface area contributed by atoms with Gasteiger partial charge in [0.2, 0.25) is 0 Å². The van der Waals surface area contributed by atoms with E-state index in [0.717, 1.165) is 44.0 Å². The number of benzene rings is 1. The Balaban J connectivity index is 1.72. The third-order valence-corrected chi connectivity index (χ3v) is 6.30. The van der Waals surface area contributed by atoms with Crippen molar-refractivity contribution in [1.29, 1.82) is 0 Å². The third-order valence-electron chi connectivity index (χ3n) is 4.80. The van der Waals surface area contributed by atoms with Crippen molar-refractivity contribution in [3.8, 4) is 0 Å². The number of hydrogen-bond donors (Lipinski definition) is 1. The van der Waals surface area contributed by atoms with Crippen molar-refractivity contribution in [1.82, 2.24) is 9.88 Å². The maximum absolute atomic E-state index is 12.7. The summed E-state index contributed by atoms with van der Waals surface area (Å²) in [4.78, 5) is 9.29. The predicted molar refractivity (Wildman–Crippen MR) is 105 cm³/mol. The maximum atomic E-state index is 12.7.